The third-order valence-electron chi connectivity index (χ3n) is 9.19. The second-order valence-corrected chi connectivity index (χ2v) is 12.7. The lowest BCUT2D eigenvalue weighted by Crippen LogP contribution is -1.96. The number of hydrogen-bond acceptors (Lipinski definition) is 2. The molecule has 10 aromatic rings. The predicted octanol–water partition coefficient (Wildman–Crippen LogP) is 11.3. The second kappa shape index (κ2) is 9.39. The molecule has 6 aromatic carbocycles. The van der Waals surface area contributed by atoms with Crippen molar-refractivity contribution in [3.63, 3.8) is 0 Å². The molecule has 3 nitrogen and oxygen atoms in total. The Kier molecular flexibility index (Phi) is 5.16. The van der Waals surface area contributed by atoms with Gasteiger partial charge in [0.2, 0.25) is 0 Å². The van der Waals surface area contributed by atoms with Gasteiger partial charge in [-0.3, -0.25) is 4.98 Å². The van der Waals surface area contributed by atoms with Gasteiger partial charge in [0.25, 0.3) is 0 Å². The zero-order valence-electron chi connectivity index (χ0n) is 24.2. The summed E-state index contributed by atoms with van der Waals surface area (Å²) >= 11 is 1.86. The molecule has 210 valence electrons. The van der Waals surface area contributed by atoms with Crippen LogP contribution < -0.4 is 0 Å². The summed E-state index contributed by atoms with van der Waals surface area (Å²) in [5, 5.41) is 7.65. The number of hydrogen-bond donors (Lipinski definition) is 0. The van der Waals surface area contributed by atoms with Gasteiger partial charge in [-0.2, -0.15) is 0 Å². The quantitative estimate of drug-likeness (QED) is 0.200. The second-order valence-electron chi connectivity index (χ2n) is 11.7. The van der Waals surface area contributed by atoms with Crippen molar-refractivity contribution >= 4 is 75.1 Å². The number of aromatic nitrogens is 3. The van der Waals surface area contributed by atoms with Crippen LogP contribution in [-0.4, -0.2) is 14.1 Å². The largest absolute Gasteiger partial charge is 0.309 e. The molecule has 0 saturated heterocycles. The number of thiophene rings is 1. The van der Waals surface area contributed by atoms with E-state index in [-0.39, 0.29) is 0 Å². The fraction of sp³-hybridized carbons (Fsp3) is 0. The van der Waals surface area contributed by atoms with E-state index in [0.717, 1.165) is 16.9 Å². The van der Waals surface area contributed by atoms with Crippen molar-refractivity contribution in [3.05, 3.63) is 152 Å². The molecule has 4 heterocycles. The van der Waals surface area contributed by atoms with E-state index in [1.165, 1.54) is 69.4 Å². The summed E-state index contributed by atoms with van der Waals surface area (Å²) in [4.78, 5) is 4.55. The molecule has 0 saturated carbocycles. The summed E-state index contributed by atoms with van der Waals surface area (Å²) in [5.41, 5.74) is 9.40. The standard InChI is InChI=1S/C41H25N3S/c1-4-16-36-30(13-1)31-14-2-5-17-37(31)43(36)28-11-7-9-26(21-28)27-10-8-12-29(22-27)44-38-24-41-35(33-15-3-6-18-40(33)45-41)23-34(38)32-19-20-42-25-39(32)44/h1-25H. The van der Waals surface area contributed by atoms with Crippen molar-refractivity contribution in [1.29, 1.82) is 0 Å². The Morgan fingerprint density at radius 3 is 1.71 bits per heavy atom. The van der Waals surface area contributed by atoms with E-state index in [0.29, 0.717) is 0 Å². The van der Waals surface area contributed by atoms with Crippen LogP contribution in [-0.2, 0) is 0 Å². The molecule has 0 unspecified atom stereocenters. The van der Waals surface area contributed by atoms with Gasteiger partial charge in [-0.05, 0) is 71.8 Å². The first-order valence-corrected chi connectivity index (χ1v) is 16.0. The topological polar surface area (TPSA) is 22.8 Å². The highest BCUT2D eigenvalue weighted by molar-refractivity contribution is 7.25. The lowest BCUT2D eigenvalue weighted by atomic mass is 10.0. The molecule has 0 spiro atoms. The molecule has 0 amide bonds. The van der Waals surface area contributed by atoms with Gasteiger partial charge in [0, 0.05) is 59.3 Å². The van der Waals surface area contributed by atoms with E-state index in [9.17, 15) is 0 Å². The van der Waals surface area contributed by atoms with E-state index in [1.54, 1.807) is 0 Å². The minimum atomic E-state index is 1.12. The summed E-state index contributed by atoms with van der Waals surface area (Å²) in [6.45, 7) is 0. The normalized spacial score (nSPS) is 12.0. The lowest BCUT2D eigenvalue weighted by Gasteiger charge is -2.12. The number of fused-ring (bicyclic) bond motifs is 9. The molecular weight excluding hydrogens is 567 g/mol. The third-order valence-corrected chi connectivity index (χ3v) is 10.3. The molecule has 0 bridgehead atoms. The summed E-state index contributed by atoms with van der Waals surface area (Å²) in [5.74, 6) is 0. The van der Waals surface area contributed by atoms with E-state index >= 15 is 0 Å². The molecule has 4 aromatic heterocycles. The van der Waals surface area contributed by atoms with Crippen molar-refractivity contribution in [2.45, 2.75) is 0 Å². The third kappa shape index (κ3) is 3.60. The Hall–Kier alpha value is -5.71. The van der Waals surface area contributed by atoms with Crippen LogP contribution in [0.1, 0.15) is 0 Å². The zero-order valence-corrected chi connectivity index (χ0v) is 25.0. The van der Waals surface area contributed by atoms with Crippen LogP contribution in [0, 0.1) is 0 Å². The molecule has 0 radical (unpaired) electrons. The van der Waals surface area contributed by atoms with Crippen LogP contribution in [0.25, 0.3) is 86.3 Å². The summed E-state index contributed by atoms with van der Waals surface area (Å²) in [6.07, 6.45) is 3.90. The monoisotopic (exact) mass is 591 g/mol. The van der Waals surface area contributed by atoms with Crippen molar-refractivity contribution < 1.29 is 0 Å². The maximum Gasteiger partial charge on any atom is 0.0724 e. The van der Waals surface area contributed by atoms with Gasteiger partial charge in [0.15, 0.2) is 0 Å². The van der Waals surface area contributed by atoms with Crippen LogP contribution in [0.3, 0.4) is 0 Å². The lowest BCUT2D eigenvalue weighted by molar-refractivity contribution is 1.17. The highest BCUT2D eigenvalue weighted by Gasteiger charge is 2.17. The van der Waals surface area contributed by atoms with Gasteiger partial charge in [-0.1, -0.05) is 78.9 Å². The SMILES string of the molecule is c1cc(-c2cccc(-n3c4cnccc4c4cc5c(cc43)sc3ccccc35)c2)cc(-n2c3ccccc3c3ccccc32)c1. The predicted molar refractivity (Wildman–Crippen MR) is 191 cm³/mol. The molecule has 45 heavy (non-hydrogen) atoms. The van der Waals surface area contributed by atoms with Gasteiger partial charge in [0.05, 0.1) is 28.3 Å². The maximum absolute atomic E-state index is 4.55. The smallest absolute Gasteiger partial charge is 0.0724 e. The van der Waals surface area contributed by atoms with E-state index in [4.69, 9.17) is 0 Å². The fourth-order valence-corrected chi connectivity index (χ4v) is 8.33. The van der Waals surface area contributed by atoms with Gasteiger partial charge >= 0.3 is 0 Å². The minimum absolute atomic E-state index is 1.12. The average Bonchev–Trinajstić information content (AvgIpc) is 3.74. The van der Waals surface area contributed by atoms with Crippen molar-refractivity contribution in [2.24, 2.45) is 0 Å². The summed E-state index contributed by atoms with van der Waals surface area (Å²) < 4.78 is 7.38. The zero-order chi connectivity index (χ0) is 29.5. The fourth-order valence-electron chi connectivity index (χ4n) is 7.21. The first-order valence-electron chi connectivity index (χ1n) is 15.2. The maximum atomic E-state index is 4.55. The summed E-state index contributed by atoms with van der Waals surface area (Å²) in [7, 11) is 0. The van der Waals surface area contributed by atoms with Crippen molar-refractivity contribution in [2.75, 3.05) is 0 Å². The van der Waals surface area contributed by atoms with E-state index in [1.807, 2.05) is 23.7 Å². The van der Waals surface area contributed by atoms with Gasteiger partial charge in [-0.15, -0.1) is 11.3 Å². The summed E-state index contributed by atoms with van der Waals surface area (Å²) in [6, 6.07) is 50.8. The Balaban J connectivity index is 1.17. The van der Waals surface area contributed by atoms with Crippen molar-refractivity contribution in [1.82, 2.24) is 14.1 Å². The molecule has 0 atom stereocenters. The number of benzene rings is 6. The van der Waals surface area contributed by atoms with Crippen LogP contribution in [0.15, 0.2) is 152 Å². The Morgan fingerprint density at radius 2 is 1.00 bits per heavy atom. The molecule has 0 aliphatic carbocycles. The number of para-hydroxylation sites is 2. The van der Waals surface area contributed by atoms with E-state index in [2.05, 4.69) is 154 Å². The highest BCUT2D eigenvalue weighted by atomic mass is 32.1. The van der Waals surface area contributed by atoms with Crippen LogP contribution in [0.2, 0.25) is 0 Å². The number of pyridine rings is 1. The van der Waals surface area contributed by atoms with Crippen LogP contribution in [0.5, 0.6) is 0 Å². The number of rotatable bonds is 3. The Bertz CT molecular complexity index is 2720. The molecule has 0 fully saturated rings. The first kappa shape index (κ1) is 24.7. The molecule has 0 N–H and O–H groups in total. The van der Waals surface area contributed by atoms with Crippen LogP contribution in [0.4, 0.5) is 0 Å². The van der Waals surface area contributed by atoms with Gasteiger partial charge in [-0.25, -0.2) is 0 Å². The van der Waals surface area contributed by atoms with Crippen LogP contribution >= 0.6 is 11.3 Å². The average molecular weight is 592 g/mol. The first-order chi connectivity index (χ1) is 22.3. The van der Waals surface area contributed by atoms with Crippen molar-refractivity contribution in [3.8, 4) is 22.5 Å². The van der Waals surface area contributed by atoms with Gasteiger partial charge < -0.3 is 9.13 Å². The van der Waals surface area contributed by atoms with Gasteiger partial charge in [0.1, 0.15) is 0 Å². The molecule has 10 rings (SSSR count). The molecule has 0 aliphatic rings. The molecular formula is C41H25N3S. The van der Waals surface area contributed by atoms with E-state index < -0.39 is 0 Å². The Labute approximate surface area is 262 Å². The minimum Gasteiger partial charge on any atom is -0.309 e. The molecule has 0 aliphatic heterocycles. The number of nitrogens with zero attached hydrogens (tertiary/aromatic N) is 3. The Morgan fingerprint density at radius 1 is 0.400 bits per heavy atom. The highest BCUT2D eigenvalue weighted by Crippen LogP contribution is 2.41. The molecule has 4 heteroatoms.